The van der Waals surface area contributed by atoms with E-state index in [9.17, 15) is 13.5 Å². The van der Waals surface area contributed by atoms with E-state index in [4.69, 9.17) is 4.74 Å². The largest absolute Gasteiger partial charge is 0.386 e. The number of benzene rings is 2. The number of ether oxygens (including phenoxy) is 1. The van der Waals surface area contributed by atoms with E-state index >= 15 is 0 Å². The van der Waals surface area contributed by atoms with Crippen LogP contribution < -0.4 is 4.90 Å². The topological polar surface area (TPSA) is 70.1 Å². The van der Waals surface area contributed by atoms with Gasteiger partial charge in [0.25, 0.3) is 10.0 Å². The van der Waals surface area contributed by atoms with E-state index in [-0.39, 0.29) is 6.04 Å². The molecule has 0 bridgehead atoms. The third-order valence-corrected chi connectivity index (χ3v) is 9.10. The summed E-state index contributed by atoms with van der Waals surface area (Å²) in [6, 6.07) is 21.1. The van der Waals surface area contributed by atoms with Gasteiger partial charge in [0.15, 0.2) is 0 Å². The second-order valence-electron chi connectivity index (χ2n) is 8.75. The van der Waals surface area contributed by atoms with Crippen LogP contribution in [-0.4, -0.2) is 50.1 Å². The summed E-state index contributed by atoms with van der Waals surface area (Å²) in [4.78, 5) is 2.21. The summed E-state index contributed by atoms with van der Waals surface area (Å²) < 4.78 is 34.2. The first-order valence-corrected chi connectivity index (χ1v) is 13.3. The molecule has 1 atom stereocenters. The van der Waals surface area contributed by atoms with Crippen molar-refractivity contribution < 1.29 is 18.3 Å². The molecule has 3 aromatic rings. The Bertz CT molecular complexity index is 1130. The van der Waals surface area contributed by atoms with E-state index in [2.05, 4.69) is 4.90 Å². The van der Waals surface area contributed by atoms with Gasteiger partial charge in [0.1, 0.15) is 4.21 Å². The van der Waals surface area contributed by atoms with Gasteiger partial charge >= 0.3 is 0 Å². The molecular weight excluding hydrogens is 456 g/mol. The van der Waals surface area contributed by atoms with Crippen molar-refractivity contribution in [1.82, 2.24) is 4.31 Å². The molecule has 1 unspecified atom stereocenters. The lowest BCUT2D eigenvalue weighted by Gasteiger charge is -2.42. The number of nitrogens with zero attached hydrogens (tertiary/aromatic N) is 2. The average molecular weight is 487 g/mol. The Morgan fingerprint density at radius 3 is 2.39 bits per heavy atom. The number of hydrogen-bond acceptors (Lipinski definition) is 6. The van der Waals surface area contributed by atoms with E-state index in [0.29, 0.717) is 37.1 Å². The van der Waals surface area contributed by atoms with E-state index in [1.165, 1.54) is 11.3 Å². The smallest absolute Gasteiger partial charge is 0.252 e. The molecule has 1 aromatic heterocycles. The number of anilines is 1. The number of piperazine rings is 1. The molecule has 0 spiro atoms. The second kappa shape index (κ2) is 9.95. The molecule has 1 N–H and O–H groups in total. The van der Waals surface area contributed by atoms with Crippen molar-refractivity contribution in [2.45, 2.75) is 36.3 Å². The third-order valence-electron chi connectivity index (χ3n) is 5.86. The number of aliphatic hydroxyl groups is 1. The molecule has 0 saturated carbocycles. The van der Waals surface area contributed by atoms with Gasteiger partial charge in [0.2, 0.25) is 0 Å². The van der Waals surface area contributed by atoms with Gasteiger partial charge in [-0.3, -0.25) is 0 Å². The van der Waals surface area contributed by atoms with Crippen LogP contribution >= 0.6 is 11.3 Å². The molecule has 1 saturated heterocycles. The van der Waals surface area contributed by atoms with Crippen LogP contribution in [0, 0.1) is 0 Å². The average Bonchev–Trinajstić information content (AvgIpc) is 3.35. The number of hydrogen-bond donors (Lipinski definition) is 1. The molecule has 0 amide bonds. The zero-order chi connectivity index (χ0) is 23.5. The molecule has 0 aliphatic carbocycles. The van der Waals surface area contributed by atoms with Crippen molar-refractivity contribution in [3.05, 3.63) is 83.2 Å². The molecule has 8 heteroatoms. The second-order valence-corrected chi connectivity index (χ2v) is 11.9. The first-order valence-electron chi connectivity index (χ1n) is 11.0. The SMILES string of the molecule is CC(C)(O)c1ccc(N2CCN(S(=O)(=O)c3cccs3)CC2COCc2ccccc2)cc1. The summed E-state index contributed by atoms with van der Waals surface area (Å²) in [5.74, 6) is 0. The van der Waals surface area contributed by atoms with Gasteiger partial charge in [0.05, 0.1) is 24.9 Å². The quantitative estimate of drug-likeness (QED) is 0.520. The molecule has 2 heterocycles. The van der Waals surface area contributed by atoms with Gasteiger partial charge in [-0.1, -0.05) is 48.5 Å². The Labute approximate surface area is 200 Å². The standard InChI is InChI=1S/C25H30N2O4S2/c1-25(2,28)21-10-12-22(13-11-21)27-15-14-26(33(29,30)24-9-6-16-32-24)17-23(27)19-31-18-20-7-4-3-5-8-20/h3-13,16,23,28H,14-15,17-19H2,1-2H3. The minimum absolute atomic E-state index is 0.134. The minimum Gasteiger partial charge on any atom is -0.386 e. The van der Waals surface area contributed by atoms with Crippen molar-refractivity contribution in [3.8, 4) is 0 Å². The Balaban J connectivity index is 1.53. The highest BCUT2D eigenvalue weighted by Crippen LogP contribution is 2.29. The lowest BCUT2D eigenvalue weighted by molar-refractivity contribution is 0.0785. The minimum atomic E-state index is -3.52. The first-order chi connectivity index (χ1) is 15.7. The van der Waals surface area contributed by atoms with E-state index in [0.717, 1.165) is 16.8 Å². The fourth-order valence-electron chi connectivity index (χ4n) is 4.01. The van der Waals surface area contributed by atoms with Gasteiger partial charge in [-0.05, 0) is 48.6 Å². The summed E-state index contributed by atoms with van der Waals surface area (Å²) in [7, 11) is -3.52. The van der Waals surface area contributed by atoms with E-state index in [1.54, 1.807) is 35.7 Å². The Morgan fingerprint density at radius 1 is 1.03 bits per heavy atom. The molecule has 1 fully saturated rings. The van der Waals surface area contributed by atoms with Crippen molar-refractivity contribution in [3.63, 3.8) is 0 Å². The predicted octanol–water partition coefficient (Wildman–Crippen LogP) is 4.07. The van der Waals surface area contributed by atoms with Crippen molar-refractivity contribution >= 4 is 27.0 Å². The molecule has 1 aliphatic rings. The van der Waals surface area contributed by atoms with Gasteiger partial charge < -0.3 is 14.7 Å². The molecule has 2 aromatic carbocycles. The maximum Gasteiger partial charge on any atom is 0.252 e. The highest BCUT2D eigenvalue weighted by Gasteiger charge is 2.35. The fraction of sp³-hybridized carbons (Fsp3) is 0.360. The zero-order valence-electron chi connectivity index (χ0n) is 18.9. The highest BCUT2D eigenvalue weighted by molar-refractivity contribution is 7.91. The van der Waals surface area contributed by atoms with Gasteiger partial charge in [-0.25, -0.2) is 8.42 Å². The lowest BCUT2D eigenvalue weighted by atomic mass is 9.98. The number of sulfonamides is 1. The predicted molar refractivity (Wildman–Crippen MR) is 132 cm³/mol. The van der Waals surface area contributed by atoms with Crippen LogP contribution in [0.15, 0.2) is 76.3 Å². The summed E-state index contributed by atoms with van der Waals surface area (Å²) in [5.41, 5.74) is 1.99. The Morgan fingerprint density at radius 2 is 1.76 bits per heavy atom. The Hall–Kier alpha value is -2.23. The van der Waals surface area contributed by atoms with Crippen LogP contribution in [0.2, 0.25) is 0 Å². The highest BCUT2D eigenvalue weighted by atomic mass is 32.2. The van der Waals surface area contributed by atoms with Crippen LogP contribution in [-0.2, 0) is 27.0 Å². The molecule has 4 rings (SSSR count). The van der Waals surface area contributed by atoms with Crippen molar-refractivity contribution in [2.24, 2.45) is 0 Å². The summed E-state index contributed by atoms with van der Waals surface area (Å²) >= 11 is 1.24. The lowest BCUT2D eigenvalue weighted by Crippen LogP contribution is -2.56. The molecular formula is C25H30N2O4S2. The molecule has 33 heavy (non-hydrogen) atoms. The molecule has 176 valence electrons. The first kappa shape index (κ1) is 23.9. The summed E-state index contributed by atoms with van der Waals surface area (Å²) in [6.07, 6.45) is 0. The maximum atomic E-state index is 13.1. The number of rotatable bonds is 8. The van der Waals surface area contributed by atoms with Gasteiger partial charge in [-0.15, -0.1) is 11.3 Å². The molecule has 1 aliphatic heterocycles. The van der Waals surface area contributed by atoms with Crippen molar-refractivity contribution in [2.75, 3.05) is 31.1 Å². The number of thiophene rings is 1. The van der Waals surface area contributed by atoms with Crippen LogP contribution in [0.25, 0.3) is 0 Å². The third kappa shape index (κ3) is 5.65. The summed E-state index contributed by atoms with van der Waals surface area (Å²) in [6.45, 7) is 5.71. The monoisotopic (exact) mass is 486 g/mol. The van der Waals surface area contributed by atoms with Crippen LogP contribution in [0.3, 0.4) is 0 Å². The van der Waals surface area contributed by atoms with Gasteiger partial charge in [0, 0.05) is 25.3 Å². The normalized spacial score (nSPS) is 17.9. The molecule has 0 radical (unpaired) electrons. The van der Waals surface area contributed by atoms with E-state index in [1.807, 2.05) is 54.6 Å². The van der Waals surface area contributed by atoms with Crippen LogP contribution in [0.4, 0.5) is 5.69 Å². The van der Waals surface area contributed by atoms with E-state index < -0.39 is 15.6 Å². The summed E-state index contributed by atoms with van der Waals surface area (Å²) in [5, 5.41) is 12.1. The van der Waals surface area contributed by atoms with Crippen LogP contribution in [0.5, 0.6) is 0 Å². The zero-order valence-corrected chi connectivity index (χ0v) is 20.6. The van der Waals surface area contributed by atoms with Crippen LogP contribution in [0.1, 0.15) is 25.0 Å². The molecule has 6 nitrogen and oxygen atoms in total. The van der Waals surface area contributed by atoms with Crippen molar-refractivity contribution in [1.29, 1.82) is 0 Å². The fourth-order valence-corrected chi connectivity index (χ4v) is 6.63. The van der Waals surface area contributed by atoms with Gasteiger partial charge in [-0.2, -0.15) is 4.31 Å². The maximum absolute atomic E-state index is 13.1. The Kier molecular flexibility index (Phi) is 7.21.